The molecule has 1 aromatic heterocycles. The molecule has 6 nitrogen and oxygen atoms in total. The molecule has 25 heavy (non-hydrogen) atoms. The molecule has 0 atom stereocenters. The lowest BCUT2D eigenvalue weighted by Gasteiger charge is -2.37. The second kappa shape index (κ2) is 8.16. The zero-order valence-corrected chi connectivity index (χ0v) is 14.8. The zero-order valence-electron chi connectivity index (χ0n) is 14.8. The van der Waals surface area contributed by atoms with E-state index in [0.717, 1.165) is 38.3 Å². The highest BCUT2D eigenvalue weighted by atomic mass is 16.3. The van der Waals surface area contributed by atoms with Crippen LogP contribution in [0.5, 0.6) is 0 Å². The standard InChI is InChI=1S/C19H27N5O/c1-2-20-18(22-15-19(25)9-5-10-19)21-13-16-7-3-4-8-17(16)14-24-12-6-11-23-24/h3-4,6-8,11-12,25H,2,5,9-10,13-15H2,1H3,(H2,20,21,22). The zero-order chi connectivity index (χ0) is 17.5. The van der Waals surface area contributed by atoms with Crippen LogP contribution in [0, 0.1) is 0 Å². The molecule has 0 spiro atoms. The van der Waals surface area contributed by atoms with Crippen LogP contribution < -0.4 is 10.6 Å². The highest BCUT2D eigenvalue weighted by Gasteiger charge is 2.34. The molecule has 0 unspecified atom stereocenters. The van der Waals surface area contributed by atoms with E-state index in [1.54, 1.807) is 6.20 Å². The van der Waals surface area contributed by atoms with Crippen molar-refractivity contribution in [2.24, 2.45) is 4.99 Å². The van der Waals surface area contributed by atoms with E-state index in [4.69, 9.17) is 0 Å². The Bertz CT molecular complexity index is 692. The molecule has 134 valence electrons. The molecule has 0 saturated heterocycles. The molecule has 2 aromatic rings. The first-order chi connectivity index (χ1) is 12.2. The predicted octanol–water partition coefficient (Wildman–Crippen LogP) is 1.90. The first-order valence-corrected chi connectivity index (χ1v) is 8.97. The number of nitrogens with one attached hydrogen (secondary N) is 2. The first kappa shape index (κ1) is 17.5. The molecule has 0 amide bonds. The lowest BCUT2D eigenvalue weighted by atomic mass is 9.80. The molecular formula is C19H27N5O. The van der Waals surface area contributed by atoms with Crippen molar-refractivity contribution in [3.8, 4) is 0 Å². The van der Waals surface area contributed by atoms with Gasteiger partial charge >= 0.3 is 0 Å². The molecular weight excluding hydrogens is 314 g/mol. The molecule has 3 N–H and O–H groups in total. The second-order valence-electron chi connectivity index (χ2n) is 6.60. The molecule has 1 aliphatic rings. The van der Waals surface area contributed by atoms with Gasteiger partial charge in [0.25, 0.3) is 0 Å². The van der Waals surface area contributed by atoms with Crippen molar-refractivity contribution in [2.45, 2.75) is 44.9 Å². The van der Waals surface area contributed by atoms with Crippen molar-refractivity contribution >= 4 is 5.96 Å². The number of aromatic nitrogens is 2. The maximum atomic E-state index is 10.2. The van der Waals surface area contributed by atoms with Crippen LogP contribution in [0.1, 0.15) is 37.3 Å². The van der Waals surface area contributed by atoms with E-state index in [-0.39, 0.29) is 0 Å². The van der Waals surface area contributed by atoms with Gasteiger partial charge in [-0.2, -0.15) is 5.10 Å². The summed E-state index contributed by atoms with van der Waals surface area (Å²) < 4.78 is 1.91. The minimum absolute atomic E-state index is 0.549. The van der Waals surface area contributed by atoms with Gasteiger partial charge in [-0.05, 0) is 43.4 Å². The SMILES string of the molecule is CCNC(=NCc1ccccc1Cn1cccn1)NCC1(O)CCC1. The van der Waals surface area contributed by atoms with Gasteiger partial charge in [0.15, 0.2) is 5.96 Å². The quantitative estimate of drug-likeness (QED) is 0.531. The van der Waals surface area contributed by atoms with Crippen LogP contribution in [-0.4, -0.2) is 39.5 Å². The molecule has 3 rings (SSSR count). The van der Waals surface area contributed by atoms with Gasteiger partial charge in [-0.25, -0.2) is 4.99 Å². The van der Waals surface area contributed by atoms with E-state index in [1.807, 2.05) is 36.0 Å². The van der Waals surface area contributed by atoms with Crippen molar-refractivity contribution in [3.63, 3.8) is 0 Å². The number of aliphatic imine (C=N–C) groups is 1. The molecule has 0 aliphatic heterocycles. The number of nitrogens with zero attached hydrogens (tertiary/aromatic N) is 3. The van der Waals surface area contributed by atoms with E-state index >= 15 is 0 Å². The minimum atomic E-state index is -0.561. The molecule has 0 radical (unpaired) electrons. The second-order valence-corrected chi connectivity index (χ2v) is 6.60. The third-order valence-corrected chi connectivity index (χ3v) is 4.63. The highest BCUT2D eigenvalue weighted by Crippen LogP contribution is 2.30. The molecule has 1 aromatic carbocycles. The fourth-order valence-corrected chi connectivity index (χ4v) is 2.95. The smallest absolute Gasteiger partial charge is 0.191 e. The van der Waals surface area contributed by atoms with Gasteiger partial charge in [-0.1, -0.05) is 24.3 Å². The summed E-state index contributed by atoms with van der Waals surface area (Å²) >= 11 is 0. The predicted molar refractivity (Wildman–Crippen MR) is 99.4 cm³/mol. The normalized spacial score (nSPS) is 16.3. The van der Waals surface area contributed by atoms with Gasteiger partial charge in [0.05, 0.1) is 18.7 Å². The monoisotopic (exact) mass is 341 g/mol. The third-order valence-electron chi connectivity index (χ3n) is 4.63. The average Bonchev–Trinajstić information content (AvgIpc) is 3.10. The summed E-state index contributed by atoms with van der Waals surface area (Å²) in [6.45, 7) is 4.71. The van der Waals surface area contributed by atoms with E-state index in [2.05, 4.69) is 32.9 Å². The summed E-state index contributed by atoms with van der Waals surface area (Å²) in [5.74, 6) is 0.747. The Labute approximate surface area is 149 Å². The van der Waals surface area contributed by atoms with Gasteiger partial charge in [0.1, 0.15) is 0 Å². The van der Waals surface area contributed by atoms with Crippen LogP contribution in [0.3, 0.4) is 0 Å². The summed E-state index contributed by atoms with van der Waals surface area (Å²) in [7, 11) is 0. The Morgan fingerprint density at radius 3 is 2.68 bits per heavy atom. The molecule has 0 bridgehead atoms. The van der Waals surface area contributed by atoms with Crippen LogP contribution in [0.25, 0.3) is 0 Å². The summed E-state index contributed by atoms with van der Waals surface area (Å²) in [6.07, 6.45) is 6.59. The summed E-state index contributed by atoms with van der Waals surface area (Å²) in [4.78, 5) is 4.69. The van der Waals surface area contributed by atoms with Gasteiger partial charge in [0.2, 0.25) is 0 Å². The Balaban J connectivity index is 1.65. The van der Waals surface area contributed by atoms with Gasteiger partial charge < -0.3 is 15.7 Å². The number of rotatable bonds is 7. The fraction of sp³-hybridized carbons (Fsp3) is 0.474. The number of hydrogen-bond acceptors (Lipinski definition) is 3. The van der Waals surface area contributed by atoms with Crippen molar-refractivity contribution in [1.82, 2.24) is 20.4 Å². The minimum Gasteiger partial charge on any atom is -0.388 e. The number of benzene rings is 1. The Morgan fingerprint density at radius 2 is 2.04 bits per heavy atom. The van der Waals surface area contributed by atoms with E-state index in [0.29, 0.717) is 13.1 Å². The maximum absolute atomic E-state index is 10.2. The first-order valence-electron chi connectivity index (χ1n) is 8.97. The molecule has 6 heteroatoms. The Hall–Kier alpha value is -2.34. The average molecular weight is 341 g/mol. The molecule has 1 fully saturated rings. The van der Waals surface area contributed by atoms with Crippen LogP contribution >= 0.6 is 0 Å². The fourth-order valence-electron chi connectivity index (χ4n) is 2.95. The highest BCUT2D eigenvalue weighted by molar-refractivity contribution is 5.79. The third kappa shape index (κ3) is 4.82. The molecule has 1 saturated carbocycles. The van der Waals surface area contributed by atoms with Crippen LogP contribution in [0.2, 0.25) is 0 Å². The maximum Gasteiger partial charge on any atom is 0.191 e. The number of guanidine groups is 1. The van der Waals surface area contributed by atoms with Gasteiger partial charge in [-0.3, -0.25) is 4.68 Å². The Morgan fingerprint density at radius 1 is 1.24 bits per heavy atom. The number of aliphatic hydroxyl groups is 1. The van der Waals surface area contributed by atoms with Crippen LogP contribution in [0.4, 0.5) is 0 Å². The number of hydrogen-bond donors (Lipinski definition) is 3. The Kier molecular flexibility index (Phi) is 5.71. The topological polar surface area (TPSA) is 74.5 Å². The molecule has 1 aliphatic carbocycles. The van der Waals surface area contributed by atoms with Gasteiger partial charge in [0, 0.05) is 25.5 Å². The lowest BCUT2D eigenvalue weighted by Crippen LogP contribution is -2.50. The van der Waals surface area contributed by atoms with E-state index < -0.39 is 5.60 Å². The van der Waals surface area contributed by atoms with Crippen molar-refractivity contribution < 1.29 is 5.11 Å². The lowest BCUT2D eigenvalue weighted by molar-refractivity contribution is -0.0279. The van der Waals surface area contributed by atoms with Crippen molar-refractivity contribution in [3.05, 3.63) is 53.9 Å². The summed E-state index contributed by atoms with van der Waals surface area (Å²) in [6, 6.07) is 10.2. The van der Waals surface area contributed by atoms with Crippen LogP contribution in [-0.2, 0) is 13.1 Å². The van der Waals surface area contributed by atoms with Crippen molar-refractivity contribution in [2.75, 3.05) is 13.1 Å². The summed E-state index contributed by atoms with van der Waals surface area (Å²) in [5, 5.41) is 21.0. The molecule has 1 heterocycles. The van der Waals surface area contributed by atoms with Crippen LogP contribution in [0.15, 0.2) is 47.7 Å². The van der Waals surface area contributed by atoms with Crippen molar-refractivity contribution in [1.29, 1.82) is 0 Å². The van der Waals surface area contributed by atoms with Gasteiger partial charge in [-0.15, -0.1) is 0 Å². The van der Waals surface area contributed by atoms with E-state index in [9.17, 15) is 5.11 Å². The van der Waals surface area contributed by atoms with E-state index in [1.165, 1.54) is 11.1 Å². The summed E-state index contributed by atoms with van der Waals surface area (Å²) in [5.41, 5.74) is 1.83. The largest absolute Gasteiger partial charge is 0.388 e.